The Morgan fingerprint density at radius 1 is 1.29 bits per heavy atom. The fourth-order valence-electron chi connectivity index (χ4n) is 2.47. The highest BCUT2D eigenvalue weighted by atomic mass is 32.2. The lowest BCUT2D eigenvalue weighted by Crippen LogP contribution is -2.37. The van der Waals surface area contributed by atoms with Crippen molar-refractivity contribution in [2.24, 2.45) is 5.92 Å². The van der Waals surface area contributed by atoms with Gasteiger partial charge < -0.3 is 5.11 Å². The summed E-state index contributed by atoms with van der Waals surface area (Å²) in [6, 6.07) is 6.48. The summed E-state index contributed by atoms with van der Waals surface area (Å²) in [6.07, 6.45) is 1.85. The zero-order valence-electron chi connectivity index (χ0n) is 12.1. The molecule has 0 amide bonds. The average Bonchev–Trinajstić information content (AvgIpc) is 2.47. The van der Waals surface area contributed by atoms with Crippen molar-refractivity contribution in [2.75, 3.05) is 13.3 Å². The predicted octanol–water partition coefficient (Wildman–Crippen LogP) is 2.59. The van der Waals surface area contributed by atoms with Crippen molar-refractivity contribution in [2.45, 2.75) is 43.1 Å². The van der Waals surface area contributed by atoms with Gasteiger partial charge in [-0.05, 0) is 50.7 Å². The molecule has 4 nitrogen and oxygen atoms in total. The van der Waals surface area contributed by atoms with E-state index in [1.165, 1.54) is 12.1 Å². The van der Waals surface area contributed by atoms with E-state index in [1.807, 2.05) is 6.92 Å². The SMILES string of the molecule is Cc1ccc(S(=O)(=O)OCC2CCC(O)(CF)CC2)cc1. The van der Waals surface area contributed by atoms with Crippen molar-refractivity contribution in [1.82, 2.24) is 0 Å². The maximum absolute atomic E-state index is 12.6. The predicted molar refractivity (Wildman–Crippen MR) is 77.2 cm³/mol. The number of benzene rings is 1. The van der Waals surface area contributed by atoms with Gasteiger partial charge in [-0.15, -0.1) is 0 Å². The van der Waals surface area contributed by atoms with Gasteiger partial charge in [0.05, 0.1) is 17.1 Å². The van der Waals surface area contributed by atoms with Gasteiger partial charge in [-0.3, -0.25) is 4.18 Å². The lowest BCUT2D eigenvalue weighted by molar-refractivity contribution is -0.0326. The second-order valence-corrected chi connectivity index (χ2v) is 7.47. The Morgan fingerprint density at radius 2 is 1.86 bits per heavy atom. The number of halogens is 1. The van der Waals surface area contributed by atoms with E-state index in [4.69, 9.17) is 4.18 Å². The summed E-state index contributed by atoms with van der Waals surface area (Å²) < 4.78 is 41.8. The number of aliphatic hydroxyl groups is 1. The fraction of sp³-hybridized carbons (Fsp3) is 0.600. The summed E-state index contributed by atoms with van der Waals surface area (Å²) in [5.74, 6) is 0.0389. The normalized spacial score (nSPS) is 26.7. The molecule has 1 N–H and O–H groups in total. The molecule has 0 atom stereocenters. The molecule has 0 aliphatic heterocycles. The Bertz CT molecular complexity index is 560. The third-order valence-electron chi connectivity index (χ3n) is 4.05. The van der Waals surface area contributed by atoms with E-state index in [9.17, 15) is 17.9 Å². The minimum absolute atomic E-state index is 0.0389. The third-order valence-corrected chi connectivity index (χ3v) is 5.35. The van der Waals surface area contributed by atoms with Crippen LogP contribution < -0.4 is 0 Å². The van der Waals surface area contributed by atoms with Gasteiger partial charge in [0.1, 0.15) is 6.67 Å². The molecule has 0 bridgehead atoms. The summed E-state index contributed by atoms with van der Waals surface area (Å²) in [4.78, 5) is 0.143. The second-order valence-electron chi connectivity index (χ2n) is 5.85. The highest BCUT2D eigenvalue weighted by Gasteiger charge is 2.33. The summed E-state index contributed by atoms with van der Waals surface area (Å²) in [5, 5.41) is 9.80. The van der Waals surface area contributed by atoms with E-state index >= 15 is 0 Å². The Labute approximate surface area is 125 Å². The second kappa shape index (κ2) is 6.42. The standard InChI is InChI=1S/C15H21FO4S/c1-12-2-4-14(5-3-12)21(18,19)20-10-13-6-8-15(17,11-16)9-7-13/h2-5,13,17H,6-11H2,1H3. The average molecular weight is 316 g/mol. The minimum Gasteiger partial charge on any atom is -0.387 e. The largest absolute Gasteiger partial charge is 0.387 e. The van der Waals surface area contributed by atoms with Gasteiger partial charge in [0.15, 0.2) is 0 Å². The topological polar surface area (TPSA) is 63.6 Å². The molecule has 6 heteroatoms. The van der Waals surface area contributed by atoms with Crippen LogP contribution >= 0.6 is 0 Å². The molecule has 0 heterocycles. The molecule has 1 fully saturated rings. The van der Waals surface area contributed by atoms with Gasteiger partial charge in [0.2, 0.25) is 0 Å². The molecular weight excluding hydrogens is 295 g/mol. The van der Waals surface area contributed by atoms with Crippen LogP contribution in [0.25, 0.3) is 0 Å². The Kier molecular flexibility index (Phi) is 5.01. The molecule has 1 aliphatic carbocycles. The van der Waals surface area contributed by atoms with Crippen LogP contribution in [-0.2, 0) is 14.3 Å². The first-order valence-corrected chi connectivity index (χ1v) is 8.50. The zero-order chi connectivity index (χ0) is 15.5. The number of hydrogen-bond acceptors (Lipinski definition) is 4. The first-order chi connectivity index (χ1) is 9.85. The van der Waals surface area contributed by atoms with E-state index in [0.29, 0.717) is 25.7 Å². The first-order valence-electron chi connectivity index (χ1n) is 7.09. The first kappa shape index (κ1) is 16.4. The monoisotopic (exact) mass is 316 g/mol. The Morgan fingerprint density at radius 3 is 2.38 bits per heavy atom. The quantitative estimate of drug-likeness (QED) is 0.848. The Hall–Kier alpha value is -0.980. The zero-order valence-corrected chi connectivity index (χ0v) is 12.9. The van der Waals surface area contributed by atoms with Gasteiger partial charge >= 0.3 is 0 Å². The molecule has 1 saturated carbocycles. The number of hydrogen-bond donors (Lipinski definition) is 1. The molecule has 0 aromatic heterocycles. The molecule has 1 aromatic rings. The third kappa shape index (κ3) is 4.25. The van der Waals surface area contributed by atoms with Gasteiger partial charge in [0, 0.05) is 0 Å². The Balaban J connectivity index is 1.90. The van der Waals surface area contributed by atoms with E-state index in [-0.39, 0.29) is 17.4 Å². The van der Waals surface area contributed by atoms with Crippen LogP contribution in [0.4, 0.5) is 4.39 Å². The highest BCUT2D eigenvalue weighted by molar-refractivity contribution is 7.86. The fourth-order valence-corrected chi connectivity index (χ4v) is 3.45. The lowest BCUT2D eigenvalue weighted by atomic mass is 9.80. The van der Waals surface area contributed by atoms with Crippen LogP contribution in [0.3, 0.4) is 0 Å². The van der Waals surface area contributed by atoms with Crippen molar-refractivity contribution in [1.29, 1.82) is 0 Å². The molecule has 0 unspecified atom stereocenters. The molecule has 0 saturated heterocycles. The van der Waals surface area contributed by atoms with Gasteiger partial charge in [-0.2, -0.15) is 8.42 Å². The maximum atomic E-state index is 12.6. The van der Waals surface area contributed by atoms with Crippen molar-refractivity contribution in [3.05, 3.63) is 29.8 Å². The molecule has 118 valence electrons. The molecule has 2 rings (SSSR count). The maximum Gasteiger partial charge on any atom is 0.296 e. The van der Waals surface area contributed by atoms with Crippen molar-refractivity contribution >= 4 is 10.1 Å². The summed E-state index contributed by atoms with van der Waals surface area (Å²) >= 11 is 0. The van der Waals surface area contributed by atoms with Crippen LogP contribution in [0.2, 0.25) is 0 Å². The number of aryl methyl sites for hydroxylation is 1. The van der Waals surface area contributed by atoms with Crippen LogP contribution in [0.1, 0.15) is 31.2 Å². The van der Waals surface area contributed by atoms with Gasteiger partial charge in [-0.1, -0.05) is 17.7 Å². The van der Waals surface area contributed by atoms with Crippen molar-refractivity contribution in [3.63, 3.8) is 0 Å². The van der Waals surface area contributed by atoms with Crippen LogP contribution in [0.15, 0.2) is 29.2 Å². The van der Waals surface area contributed by atoms with E-state index in [0.717, 1.165) is 5.56 Å². The van der Waals surface area contributed by atoms with E-state index in [1.54, 1.807) is 12.1 Å². The molecule has 21 heavy (non-hydrogen) atoms. The van der Waals surface area contributed by atoms with Crippen molar-refractivity contribution in [3.8, 4) is 0 Å². The number of rotatable bonds is 5. The van der Waals surface area contributed by atoms with Crippen molar-refractivity contribution < 1.29 is 22.1 Å². The van der Waals surface area contributed by atoms with E-state index in [2.05, 4.69) is 0 Å². The lowest BCUT2D eigenvalue weighted by Gasteiger charge is -2.33. The molecule has 0 spiro atoms. The summed E-state index contributed by atoms with van der Waals surface area (Å²) in [5.41, 5.74) is -0.251. The van der Waals surface area contributed by atoms with Crippen LogP contribution in [0, 0.1) is 12.8 Å². The molecule has 1 aromatic carbocycles. The highest BCUT2D eigenvalue weighted by Crippen LogP contribution is 2.33. The van der Waals surface area contributed by atoms with Gasteiger partial charge in [0.25, 0.3) is 10.1 Å². The van der Waals surface area contributed by atoms with Crippen LogP contribution in [-0.4, -0.2) is 32.4 Å². The van der Waals surface area contributed by atoms with E-state index < -0.39 is 22.4 Å². The summed E-state index contributed by atoms with van der Waals surface area (Å²) in [6.45, 7) is 1.21. The number of alkyl halides is 1. The van der Waals surface area contributed by atoms with Gasteiger partial charge in [-0.25, -0.2) is 4.39 Å². The minimum atomic E-state index is -3.75. The van der Waals surface area contributed by atoms with Crippen LogP contribution in [0.5, 0.6) is 0 Å². The molecular formula is C15H21FO4S. The molecule has 1 aliphatic rings. The summed E-state index contributed by atoms with van der Waals surface area (Å²) in [7, 11) is -3.75. The smallest absolute Gasteiger partial charge is 0.296 e. The molecule has 0 radical (unpaired) electrons.